The zero-order valence-corrected chi connectivity index (χ0v) is 15.0. The lowest BCUT2D eigenvalue weighted by molar-refractivity contribution is 0.0566. The second-order valence-electron chi connectivity index (χ2n) is 6.72. The van der Waals surface area contributed by atoms with Crippen molar-refractivity contribution < 1.29 is 19.4 Å². The molecular weight excluding hydrogens is 357 g/mol. The Balaban J connectivity index is 1.59. The summed E-state index contributed by atoms with van der Waals surface area (Å²) in [6.45, 7) is 2.16. The first-order valence-electron chi connectivity index (χ1n) is 8.61. The molecule has 0 amide bonds. The first-order chi connectivity index (χ1) is 12.4. The van der Waals surface area contributed by atoms with Gasteiger partial charge in [-0.05, 0) is 73.3 Å². The number of aliphatic hydroxyl groups excluding tert-OH is 1. The number of carboxylic acid groups (broad SMARTS) is 1. The van der Waals surface area contributed by atoms with E-state index >= 15 is 0 Å². The van der Waals surface area contributed by atoms with Gasteiger partial charge in [-0.1, -0.05) is 23.7 Å². The summed E-state index contributed by atoms with van der Waals surface area (Å²) in [4.78, 5) is 13.3. The molecule has 0 radical (unpaired) electrons. The van der Waals surface area contributed by atoms with Crippen molar-refractivity contribution in [3.05, 3.63) is 70.0 Å². The van der Waals surface area contributed by atoms with Gasteiger partial charge in [-0.2, -0.15) is 0 Å². The van der Waals surface area contributed by atoms with Gasteiger partial charge in [0.25, 0.3) is 0 Å². The van der Waals surface area contributed by atoms with Crippen LogP contribution >= 0.6 is 11.6 Å². The maximum Gasteiger partial charge on any atom is 0.335 e. The van der Waals surface area contributed by atoms with E-state index in [1.807, 2.05) is 0 Å². The van der Waals surface area contributed by atoms with Crippen molar-refractivity contribution in [2.24, 2.45) is 5.92 Å². The SMILES string of the molecule is O=C(O)c1ccc(Cl)c(CN2CCC(C(O)c3ccc(F)cc3)CC2)c1. The number of carboxylic acids is 1. The molecule has 1 fully saturated rings. The highest BCUT2D eigenvalue weighted by molar-refractivity contribution is 6.31. The lowest BCUT2D eigenvalue weighted by atomic mass is 9.87. The molecule has 0 aliphatic carbocycles. The molecule has 4 nitrogen and oxygen atoms in total. The van der Waals surface area contributed by atoms with Crippen LogP contribution in [-0.2, 0) is 6.54 Å². The molecule has 3 rings (SSSR count). The van der Waals surface area contributed by atoms with Gasteiger partial charge in [-0.25, -0.2) is 9.18 Å². The van der Waals surface area contributed by atoms with Crippen LogP contribution in [0.5, 0.6) is 0 Å². The van der Waals surface area contributed by atoms with Crippen molar-refractivity contribution in [1.82, 2.24) is 4.90 Å². The molecule has 1 saturated heterocycles. The topological polar surface area (TPSA) is 60.8 Å². The van der Waals surface area contributed by atoms with Gasteiger partial charge in [0.05, 0.1) is 11.7 Å². The summed E-state index contributed by atoms with van der Waals surface area (Å²) >= 11 is 6.20. The second-order valence-corrected chi connectivity index (χ2v) is 7.13. The Bertz CT molecular complexity index is 773. The number of carbonyl (C=O) groups is 1. The van der Waals surface area contributed by atoms with Crippen LogP contribution in [-0.4, -0.2) is 34.2 Å². The third kappa shape index (κ3) is 4.41. The van der Waals surface area contributed by atoms with Crippen LogP contribution in [0.25, 0.3) is 0 Å². The standard InChI is InChI=1S/C20H21ClFNO3/c21-18-6-3-15(20(25)26)11-16(18)12-23-9-7-14(8-10-23)19(24)13-1-4-17(22)5-2-13/h1-6,11,14,19,24H,7-10,12H2,(H,25,26). The van der Waals surface area contributed by atoms with Crippen LogP contribution in [0.2, 0.25) is 5.02 Å². The van der Waals surface area contributed by atoms with Crippen LogP contribution in [0, 0.1) is 11.7 Å². The molecule has 0 aromatic heterocycles. The summed E-state index contributed by atoms with van der Waals surface area (Å²) in [6, 6.07) is 10.7. The molecule has 1 aliphatic rings. The van der Waals surface area contributed by atoms with E-state index < -0.39 is 12.1 Å². The maximum absolute atomic E-state index is 13.0. The number of benzene rings is 2. The van der Waals surface area contributed by atoms with Crippen molar-refractivity contribution in [1.29, 1.82) is 0 Å². The Morgan fingerprint density at radius 2 is 1.85 bits per heavy atom. The smallest absolute Gasteiger partial charge is 0.335 e. The number of hydrogen-bond acceptors (Lipinski definition) is 3. The Kier molecular flexibility index (Phi) is 5.91. The molecule has 26 heavy (non-hydrogen) atoms. The Labute approximate surface area is 156 Å². The second kappa shape index (κ2) is 8.16. The summed E-state index contributed by atoms with van der Waals surface area (Å²) in [5.41, 5.74) is 1.76. The predicted octanol–water partition coefficient (Wildman–Crippen LogP) is 4.12. The molecule has 1 aliphatic heterocycles. The third-order valence-electron chi connectivity index (χ3n) is 4.98. The Morgan fingerprint density at radius 3 is 2.46 bits per heavy atom. The molecule has 1 heterocycles. The summed E-state index contributed by atoms with van der Waals surface area (Å²) in [5.74, 6) is -1.15. The zero-order valence-electron chi connectivity index (χ0n) is 14.2. The zero-order chi connectivity index (χ0) is 18.7. The van der Waals surface area contributed by atoms with E-state index in [0.717, 1.165) is 37.1 Å². The van der Waals surface area contributed by atoms with Gasteiger partial charge >= 0.3 is 5.97 Å². The summed E-state index contributed by atoms with van der Waals surface area (Å²) in [6.07, 6.45) is 1.03. The average molecular weight is 378 g/mol. The number of likely N-dealkylation sites (tertiary alicyclic amines) is 1. The van der Waals surface area contributed by atoms with Gasteiger partial charge in [-0.15, -0.1) is 0 Å². The number of aliphatic hydroxyl groups is 1. The van der Waals surface area contributed by atoms with Crippen LogP contribution in [0.3, 0.4) is 0 Å². The van der Waals surface area contributed by atoms with Crippen molar-refractivity contribution in [2.45, 2.75) is 25.5 Å². The molecule has 2 aromatic carbocycles. The number of aromatic carboxylic acids is 1. The van der Waals surface area contributed by atoms with Crippen LogP contribution in [0.4, 0.5) is 4.39 Å². The molecule has 0 bridgehead atoms. The fourth-order valence-corrected chi connectivity index (χ4v) is 3.61. The minimum atomic E-state index is -0.968. The summed E-state index contributed by atoms with van der Waals surface area (Å²) in [5, 5.41) is 20.2. The number of halogens is 2. The lowest BCUT2D eigenvalue weighted by Gasteiger charge is -2.34. The molecule has 0 spiro atoms. The number of nitrogens with zero attached hydrogens (tertiary/aromatic N) is 1. The largest absolute Gasteiger partial charge is 0.478 e. The van der Waals surface area contributed by atoms with E-state index in [0.29, 0.717) is 11.6 Å². The molecule has 138 valence electrons. The minimum Gasteiger partial charge on any atom is -0.478 e. The highest BCUT2D eigenvalue weighted by atomic mass is 35.5. The van der Waals surface area contributed by atoms with E-state index in [1.54, 1.807) is 24.3 Å². The highest BCUT2D eigenvalue weighted by Gasteiger charge is 2.26. The van der Waals surface area contributed by atoms with E-state index in [-0.39, 0.29) is 17.3 Å². The Morgan fingerprint density at radius 1 is 1.19 bits per heavy atom. The molecule has 6 heteroatoms. The fourth-order valence-electron chi connectivity index (χ4n) is 3.43. The summed E-state index contributed by atoms with van der Waals surface area (Å²) < 4.78 is 13.0. The van der Waals surface area contributed by atoms with E-state index in [4.69, 9.17) is 16.7 Å². The minimum absolute atomic E-state index is 0.123. The highest BCUT2D eigenvalue weighted by Crippen LogP contribution is 2.31. The molecule has 1 atom stereocenters. The van der Waals surface area contributed by atoms with Crippen LogP contribution < -0.4 is 0 Å². The van der Waals surface area contributed by atoms with E-state index in [9.17, 15) is 14.3 Å². The van der Waals surface area contributed by atoms with E-state index in [2.05, 4.69) is 4.90 Å². The van der Waals surface area contributed by atoms with Crippen molar-refractivity contribution in [3.63, 3.8) is 0 Å². The number of piperidine rings is 1. The van der Waals surface area contributed by atoms with Crippen molar-refractivity contribution in [3.8, 4) is 0 Å². The molecule has 2 aromatic rings. The van der Waals surface area contributed by atoms with Crippen LogP contribution in [0.15, 0.2) is 42.5 Å². The third-order valence-corrected chi connectivity index (χ3v) is 5.35. The van der Waals surface area contributed by atoms with Gasteiger partial charge in [0.1, 0.15) is 5.82 Å². The Hall–Kier alpha value is -1.95. The first-order valence-corrected chi connectivity index (χ1v) is 8.99. The van der Waals surface area contributed by atoms with Gasteiger partial charge in [0.2, 0.25) is 0 Å². The molecule has 2 N–H and O–H groups in total. The van der Waals surface area contributed by atoms with Crippen molar-refractivity contribution >= 4 is 17.6 Å². The fraction of sp³-hybridized carbons (Fsp3) is 0.350. The van der Waals surface area contributed by atoms with Gasteiger partial charge in [-0.3, -0.25) is 4.90 Å². The monoisotopic (exact) mass is 377 g/mol. The van der Waals surface area contributed by atoms with Crippen LogP contribution in [0.1, 0.15) is 40.4 Å². The quantitative estimate of drug-likeness (QED) is 0.822. The van der Waals surface area contributed by atoms with E-state index in [1.165, 1.54) is 18.2 Å². The predicted molar refractivity (Wildman–Crippen MR) is 97.8 cm³/mol. The average Bonchev–Trinajstić information content (AvgIpc) is 2.64. The maximum atomic E-state index is 13.0. The lowest BCUT2D eigenvalue weighted by Crippen LogP contribution is -2.35. The number of hydrogen-bond donors (Lipinski definition) is 2. The van der Waals surface area contributed by atoms with Gasteiger partial charge in [0.15, 0.2) is 0 Å². The van der Waals surface area contributed by atoms with Gasteiger partial charge in [0, 0.05) is 11.6 Å². The summed E-state index contributed by atoms with van der Waals surface area (Å²) in [7, 11) is 0. The van der Waals surface area contributed by atoms with Gasteiger partial charge < -0.3 is 10.2 Å². The normalized spacial score (nSPS) is 17.2. The number of rotatable bonds is 5. The first kappa shape index (κ1) is 18.8. The molecule has 0 saturated carbocycles. The molecule has 1 unspecified atom stereocenters. The van der Waals surface area contributed by atoms with Crippen molar-refractivity contribution in [2.75, 3.05) is 13.1 Å². The molecular formula is C20H21ClFNO3.